The molecule has 2 N–H and O–H groups in total. The highest BCUT2D eigenvalue weighted by molar-refractivity contribution is 7.80. The van der Waals surface area contributed by atoms with E-state index in [1.165, 1.54) is 0 Å². The second-order valence-corrected chi connectivity index (χ2v) is 4.92. The monoisotopic (exact) mass is 219 g/mol. The number of nitrogens with one attached hydrogen (secondary N) is 1. The highest BCUT2D eigenvalue weighted by atomic mass is 32.1. The lowest BCUT2D eigenvalue weighted by molar-refractivity contribution is -0.122. The highest BCUT2D eigenvalue weighted by Gasteiger charge is 2.25. The molecule has 0 saturated heterocycles. The molecule has 84 valence electrons. The number of aliphatic hydroxyl groups is 1. The molecule has 0 aliphatic rings. The van der Waals surface area contributed by atoms with E-state index in [4.69, 9.17) is 5.11 Å². The average molecular weight is 219 g/mol. The Kier molecular flexibility index (Phi) is 6.20. The largest absolute Gasteiger partial charge is 0.396 e. The summed E-state index contributed by atoms with van der Waals surface area (Å²) in [5.74, 6) is 0.565. The van der Waals surface area contributed by atoms with E-state index < -0.39 is 0 Å². The van der Waals surface area contributed by atoms with E-state index in [2.05, 4.69) is 17.9 Å². The van der Waals surface area contributed by atoms with Crippen LogP contribution in [0.4, 0.5) is 0 Å². The molecule has 0 aromatic carbocycles. The molecule has 1 atom stereocenters. The Bertz CT molecular complexity index is 177. The lowest BCUT2D eigenvalue weighted by atomic mass is 9.85. The molecule has 1 unspecified atom stereocenters. The predicted molar refractivity (Wildman–Crippen MR) is 61.6 cm³/mol. The number of aliphatic hydroxyl groups excluding tert-OH is 1. The third-order valence-corrected chi connectivity index (χ3v) is 2.36. The Morgan fingerprint density at radius 1 is 1.50 bits per heavy atom. The fourth-order valence-electron chi connectivity index (χ4n) is 1.22. The van der Waals surface area contributed by atoms with Crippen LogP contribution in [0.15, 0.2) is 0 Å². The van der Waals surface area contributed by atoms with Crippen LogP contribution in [0.2, 0.25) is 0 Å². The number of rotatable bonds is 5. The summed E-state index contributed by atoms with van der Waals surface area (Å²) >= 11 is 4.00. The van der Waals surface area contributed by atoms with E-state index in [-0.39, 0.29) is 24.0 Å². The molecule has 0 bridgehead atoms. The van der Waals surface area contributed by atoms with Crippen LogP contribution >= 0.6 is 12.6 Å². The normalized spacial score (nSPS) is 13.8. The van der Waals surface area contributed by atoms with E-state index >= 15 is 0 Å². The molecule has 0 aliphatic carbocycles. The van der Waals surface area contributed by atoms with Crippen molar-refractivity contribution in [1.82, 2.24) is 5.32 Å². The van der Waals surface area contributed by atoms with Crippen LogP contribution in [0.5, 0.6) is 0 Å². The maximum absolute atomic E-state index is 11.3. The lowest BCUT2D eigenvalue weighted by Gasteiger charge is -2.31. The van der Waals surface area contributed by atoms with Crippen molar-refractivity contribution in [3.05, 3.63) is 0 Å². The summed E-state index contributed by atoms with van der Waals surface area (Å²) < 4.78 is 0. The molecule has 0 radical (unpaired) electrons. The lowest BCUT2D eigenvalue weighted by Crippen LogP contribution is -2.44. The van der Waals surface area contributed by atoms with Crippen LogP contribution in [-0.4, -0.2) is 29.4 Å². The van der Waals surface area contributed by atoms with Crippen LogP contribution in [0, 0.1) is 5.41 Å². The molecule has 0 spiro atoms. The van der Waals surface area contributed by atoms with Gasteiger partial charge in [-0.3, -0.25) is 4.79 Å². The average Bonchev–Trinajstić information content (AvgIpc) is 2.02. The summed E-state index contributed by atoms with van der Waals surface area (Å²) in [6, 6.07) is 0.0277. The number of amides is 1. The minimum atomic E-state index is -0.0189. The van der Waals surface area contributed by atoms with E-state index in [1.807, 2.05) is 20.8 Å². The highest BCUT2D eigenvalue weighted by Crippen LogP contribution is 2.21. The third-order valence-electron chi connectivity index (χ3n) is 2.14. The predicted octanol–water partition coefficient (Wildman–Crippen LogP) is 1.22. The molecule has 0 aromatic rings. The fourth-order valence-corrected chi connectivity index (χ4v) is 1.42. The van der Waals surface area contributed by atoms with Gasteiger partial charge in [0, 0.05) is 19.1 Å². The maximum atomic E-state index is 11.3. The van der Waals surface area contributed by atoms with Gasteiger partial charge >= 0.3 is 0 Å². The van der Waals surface area contributed by atoms with E-state index in [0.29, 0.717) is 18.6 Å². The second kappa shape index (κ2) is 6.30. The molecule has 0 aromatic heterocycles. The van der Waals surface area contributed by atoms with Crippen LogP contribution in [0.1, 0.15) is 33.6 Å². The second-order valence-electron chi connectivity index (χ2n) is 4.47. The zero-order valence-corrected chi connectivity index (χ0v) is 10.1. The quantitative estimate of drug-likeness (QED) is 0.609. The van der Waals surface area contributed by atoms with Gasteiger partial charge in [-0.25, -0.2) is 0 Å². The number of carbonyl (C=O) groups excluding carboxylic acids is 1. The summed E-state index contributed by atoms with van der Waals surface area (Å²) in [7, 11) is 0. The van der Waals surface area contributed by atoms with Crippen molar-refractivity contribution in [1.29, 1.82) is 0 Å². The Morgan fingerprint density at radius 2 is 2.07 bits per heavy atom. The topological polar surface area (TPSA) is 49.3 Å². The zero-order valence-electron chi connectivity index (χ0n) is 9.21. The van der Waals surface area contributed by atoms with E-state index in [0.717, 1.165) is 0 Å². The smallest absolute Gasteiger partial charge is 0.221 e. The summed E-state index contributed by atoms with van der Waals surface area (Å²) in [5.41, 5.74) is -0.0189. The van der Waals surface area contributed by atoms with Crippen molar-refractivity contribution in [3.63, 3.8) is 0 Å². The fraction of sp³-hybridized carbons (Fsp3) is 0.900. The molecular weight excluding hydrogens is 198 g/mol. The number of hydrogen-bond acceptors (Lipinski definition) is 3. The Balaban J connectivity index is 4.16. The Hall–Kier alpha value is -0.220. The number of thiol groups is 1. The first-order valence-electron chi connectivity index (χ1n) is 4.93. The van der Waals surface area contributed by atoms with Gasteiger partial charge in [0.2, 0.25) is 5.91 Å². The molecule has 3 nitrogen and oxygen atoms in total. The summed E-state index contributed by atoms with van der Waals surface area (Å²) in [6.45, 7) is 6.25. The van der Waals surface area contributed by atoms with Crippen molar-refractivity contribution < 1.29 is 9.90 Å². The maximum Gasteiger partial charge on any atom is 0.221 e. The van der Waals surface area contributed by atoms with E-state index in [9.17, 15) is 4.79 Å². The Morgan fingerprint density at radius 3 is 2.43 bits per heavy atom. The molecule has 0 saturated carbocycles. The standard InChI is InChI=1S/C10H21NO2S/c1-10(2,3)8(4-6-12)11-9(13)5-7-14/h8,12,14H,4-7H2,1-3H3,(H,11,13). The van der Waals surface area contributed by atoms with Crippen LogP contribution in [-0.2, 0) is 4.79 Å². The molecule has 1 amide bonds. The third kappa shape index (κ3) is 5.50. The summed E-state index contributed by atoms with van der Waals surface area (Å²) in [6.07, 6.45) is 1.03. The number of carbonyl (C=O) groups is 1. The van der Waals surface area contributed by atoms with Gasteiger partial charge in [0.1, 0.15) is 0 Å². The van der Waals surface area contributed by atoms with Crippen LogP contribution in [0.3, 0.4) is 0 Å². The van der Waals surface area contributed by atoms with Gasteiger partial charge in [-0.2, -0.15) is 12.6 Å². The summed E-state index contributed by atoms with van der Waals surface area (Å²) in [5, 5.41) is 11.8. The molecule has 0 heterocycles. The van der Waals surface area contributed by atoms with Gasteiger partial charge in [0.15, 0.2) is 0 Å². The van der Waals surface area contributed by atoms with Gasteiger partial charge in [-0.15, -0.1) is 0 Å². The molecule has 4 heteroatoms. The molecule has 14 heavy (non-hydrogen) atoms. The van der Waals surface area contributed by atoms with Crippen molar-refractivity contribution in [2.75, 3.05) is 12.4 Å². The number of hydrogen-bond donors (Lipinski definition) is 3. The van der Waals surface area contributed by atoms with Gasteiger partial charge in [-0.05, 0) is 17.6 Å². The van der Waals surface area contributed by atoms with Crippen molar-refractivity contribution in [2.24, 2.45) is 5.41 Å². The molecular formula is C10H21NO2S. The Labute approximate surface area is 91.7 Å². The van der Waals surface area contributed by atoms with E-state index in [1.54, 1.807) is 0 Å². The SMILES string of the molecule is CC(C)(C)C(CCO)NC(=O)CCS. The first-order chi connectivity index (χ1) is 6.41. The van der Waals surface area contributed by atoms with Gasteiger partial charge in [0.25, 0.3) is 0 Å². The van der Waals surface area contributed by atoms with Crippen molar-refractivity contribution in [2.45, 2.75) is 39.7 Å². The minimum Gasteiger partial charge on any atom is -0.396 e. The van der Waals surface area contributed by atoms with Crippen molar-refractivity contribution in [3.8, 4) is 0 Å². The molecule has 0 aliphatic heterocycles. The van der Waals surface area contributed by atoms with Crippen molar-refractivity contribution >= 4 is 18.5 Å². The van der Waals surface area contributed by atoms with Crippen LogP contribution in [0.25, 0.3) is 0 Å². The van der Waals surface area contributed by atoms with Crippen LogP contribution < -0.4 is 5.32 Å². The summed E-state index contributed by atoms with van der Waals surface area (Å²) in [4.78, 5) is 11.3. The zero-order chi connectivity index (χ0) is 11.2. The minimum absolute atomic E-state index is 0.00775. The first kappa shape index (κ1) is 13.8. The van der Waals surface area contributed by atoms with Gasteiger partial charge < -0.3 is 10.4 Å². The first-order valence-corrected chi connectivity index (χ1v) is 5.56. The van der Waals surface area contributed by atoms with Gasteiger partial charge in [-0.1, -0.05) is 20.8 Å². The molecule has 0 rings (SSSR count). The molecule has 0 fully saturated rings. The van der Waals surface area contributed by atoms with Gasteiger partial charge in [0.05, 0.1) is 0 Å².